The summed E-state index contributed by atoms with van der Waals surface area (Å²) in [5, 5.41) is 11.5. The van der Waals surface area contributed by atoms with E-state index in [1.807, 2.05) is 0 Å². The van der Waals surface area contributed by atoms with Crippen LogP contribution in [0.25, 0.3) is 11.0 Å². The number of carbonyl (C=O) groups is 1. The Hall–Kier alpha value is -2.60. The highest BCUT2D eigenvalue weighted by Gasteiger charge is 2.47. The zero-order valence-corrected chi connectivity index (χ0v) is 14.5. The Morgan fingerprint density at radius 2 is 1.92 bits per heavy atom. The lowest BCUT2D eigenvalue weighted by Crippen LogP contribution is -2.51. The number of fused-ring (bicyclic) bond motifs is 3. The Balaban J connectivity index is 2.11. The van der Waals surface area contributed by atoms with Crippen LogP contribution in [0.1, 0.15) is 39.4 Å². The number of carbonyl (C=O) groups excluding carboxylic acids is 1. The fraction of sp³-hybridized carbons (Fsp3) is 0.368. The van der Waals surface area contributed by atoms with E-state index >= 15 is 0 Å². The minimum atomic E-state index is -1.19. The largest absolute Gasteiger partial charge is 0.483 e. The lowest BCUT2D eigenvalue weighted by molar-refractivity contribution is -0.172. The first-order valence-electron chi connectivity index (χ1n) is 7.98. The average molecular weight is 344 g/mol. The molecule has 1 aliphatic rings. The Labute approximate surface area is 144 Å². The van der Waals surface area contributed by atoms with Crippen molar-refractivity contribution in [3.8, 4) is 5.75 Å². The van der Waals surface area contributed by atoms with Crippen LogP contribution in [-0.4, -0.2) is 22.8 Å². The van der Waals surface area contributed by atoms with E-state index in [0.717, 1.165) is 5.57 Å². The molecular weight excluding hydrogens is 324 g/mol. The molecule has 6 heteroatoms. The highest BCUT2D eigenvalue weighted by atomic mass is 16.6. The van der Waals surface area contributed by atoms with Gasteiger partial charge in [0.25, 0.3) is 0 Å². The lowest BCUT2D eigenvalue weighted by Gasteiger charge is -2.41. The van der Waals surface area contributed by atoms with Crippen molar-refractivity contribution in [1.82, 2.24) is 0 Å². The zero-order chi connectivity index (χ0) is 18.4. The summed E-state index contributed by atoms with van der Waals surface area (Å²) in [4.78, 5) is 23.6. The maximum absolute atomic E-state index is 12.0. The number of hydrogen-bond donors (Lipinski definition) is 1. The van der Waals surface area contributed by atoms with Gasteiger partial charge in [-0.3, -0.25) is 0 Å². The van der Waals surface area contributed by atoms with Gasteiger partial charge in [0.05, 0.1) is 5.56 Å². The number of ether oxygens (including phenoxy) is 2. The quantitative estimate of drug-likeness (QED) is 0.512. The second-order valence-electron chi connectivity index (χ2n) is 6.88. The van der Waals surface area contributed by atoms with Crippen LogP contribution in [0.5, 0.6) is 5.75 Å². The maximum atomic E-state index is 12.0. The molecule has 1 aromatic heterocycles. The number of allylic oxidation sites excluding steroid dienone is 1. The second-order valence-corrected chi connectivity index (χ2v) is 6.88. The SMILES string of the molecule is CC(C)=CC(=O)O[C@@H]1[C@H](O)c2c(ccc3ccc(=O)oc23)OC1(C)C. The van der Waals surface area contributed by atoms with E-state index in [-0.39, 0.29) is 5.58 Å². The monoisotopic (exact) mass is 344 g/mol. The van der Waals surface area contributed by atoms with Crippen molar-refractivity contribution >= 4 is 16.9 Å². The molecule has 0 amide bonds. The van der Waals surface area contributed by atoms with Gasteiger partial charge in [-0.2, -0.15) is 0 Å². The van der Waals surface area contributed by atoms with Gasteiger partial charge in [0, 0.05) is 17.5 Å². The molecule has 2 aromatic rings. The summed E-state index contributed by atoms with van der Waals surface area (Å²) >= 11 is 0. The molecule has 3 rings (SSSR count). The van der Waals surface area contributed by atoms with Crippen LogP contribution in [-0.2, 0) is 9.53 Å². The molecule has 0 unspecified atom stereocenters. The van der Waals surface area contributed by atoms with Crippen LogP contribution in [0.3, 0.4) is 0 Å². The zero-order valence-electron chi connectivity index (χ0n) is 14.5. The molecule has 0 bridgehead atoms. The van der Waals surface area contributed by atoms with Crippen LogP contribution < -0.4 is 10.4 Å². The number of rotatable bonds is 2. The van der Waals surface area contributed by atoms with Gasteiger partial charge in [0.15, 0.2) is 6.10 Å². The highest BCUT2D eigenvalue weighted by molar-refractivity contribution is 5.84. The minimum Gasteiger partial charge on any atom is -0.483 e. The van der Waals surface area contributed by atoms with Gasteiger partial charge in [0.2, 0.25) is 0 Å². The third-order valence-corrected chi connectivity index (χ3v) is 4.08. The number of esters is 1. The van der Waals surface area contributed by atoms with E-state index in [2.05, 4.69) is 0 Å². The summed E-state index contributed by atoms with van der Waals surface area (Å²) in [5.74, 6) is -0.167. The Morgan fingerprint density at radius 1 is 1.24 bits per heavy atom. The van der Waals surface area contributed by atoms with Gasteiger partial charge in [0.1, 0.15) is 23.0 Å². The lowest BCUT2D eigenvalue weighted by atomic mass is 9.87. The Bertz CT molecular complexity index is 917. The number of aliphatic hydroxyl groups is 1. The number of benzene rings is 1. The van der Waals surface area contributed by atoms with E-state index < -0.39 is 29.4 Å². The third kappa shape index (κ3) is 3.17. The minimum absolute atomic E-state index is 0.233. The van der Waals surface area contributed by atoms with Crippen molar-refractivity contribution in [2.75, 3.05) is 0 Å². The molecule has 1 aliphatic heterocycles. The molecule has 6 nitrogen and oxygen atoms in total. The van der Waals surface area contributed by atoms with E-state index in [0.29, 0.717) is 16.7 Å². The average Bonchev–Trinajstić information content (AvgIpc) is 2.49. The van der Waals surface area contributed by atoms with Crippen LogP contribution >= 0.6 is 0 Å². The standard InChI is InChI=1S/C19H20O6/c1-10(2)9-14(21)24-18-16(22)15-12(25-19(18,3)4)7-5-11-6-8-13(20)23-17(11)15/h5-9,16,18,22H,1-4H3/t16-,18-/m1/s1. The van der Waals surface area contributed by atoms with Gasteiger partial charge >= 0.3 is 11.6 Å². The first-order chi connectivity index (χ1) is 11.7. The molecule has 0 aliphatic carbocycles. The first kappa shape index (κ1) is 17.2. The molecule has 132 valence electrons. The van der Waals surface area contributed by atoms with Crippen molar-refractivity contribution in [2.24, 2.45) is 0 Å². The molecule has 0 spiro atoms. The molecule has 0 radical (unpaired) electrons. The van der Waals surface area contributed by atoms with Crippen LogP contribution in [0, 0.1) is 0 Å². The van der Waals surface area contributed by atoms with Crippen molar-refractivity contribution in [1.29, 1.82) is 0 Å². The predicted octanol–water partition coefficient (Wildman–Crippen LogP) is 2.88. The normalized spacial score (nSPS) is 21.2. The molecule has 1 aromatic carbocycles. The molecular formula is C19H20O6. The Morgan fingerprint density at radius 3 is 2.60 bits per heavy atom. The third-order valence-electron chi connectivity index (χ3n) is 4.08. The van der Waals surface area contributed by atoms with Gasteiger partial charge in [-0.15, -0.1) is 0 Å². The van der Waals surface area contributed by atoms with E-state index in [1.165, 1.54) is 12.1 Å². The summed E-state index contributed by atoms with van der Waals surface area (Å²) in [7, 11) is 0. The topological polar surface area (TPSA) is 86.0 Å². The highest BCUT2D eigenvalue weighted by Crippen LogP contribution is 2.44. The van der Waals surface area contributed by atoms with Crippen LogP contribution in [0.15, 0.2) is 45.1 Å². The summed E-state index contributed by atoms with van der Waals surface area (Å²) in [6, 6.07) is 6.37. The summed E-state index contributed by atoms with van der Waals surface area (Å²) in [6.45, 7) is 7.01. The summed E-state index contributed by atoms with van der Waals surface area (Å²) in [5.41, 5.74) is -0.164. The van der Waals surface area contributed by atoms with Gasteiger partial charge < -0.3 is 19.0 Å². The summed E-state index contributed by atoms with van der Waals surface area (Å²) < 4.78 is 16.7. The molecule has 25 heavy (non-hydrogen) atoms. The maximum Gasteiger partial charge on any atom is 0.336 e. The molecule has 2 atom stereocenters. The molecule has 1 N–H and O–H groups in total. The van der Waals surface area contributed by atoms with Crippen molar-refractivity contribution in [2.45, 2.75) is 45.5 Å². The fourth-order valence-corrected chi connectivity index (χ4v) is 2.98. The number of aliphatic hydroxyl groups excluding tert-OH is 1. The number of hydrogen-bond acceptors (Lipinski definition) is 6. The molecule has 0 saturated carbocycles. The van der Waals surface area contributed by atoms with Gasteiger partial charge in [-0.25, -0.2) is 9.59 Å². The first-order valence-corrected chi connectivity index (χ1v) is 7.98. The second kappa shape index (κ2) is 6.04. The smallest absolute Gasteiger partial charge is 0.336 e. The predicted molar refractivity (Wildman–Crippen MR) is 91.5 cm³/mol. The van der Waals surface area contributed by atoms with Crippen molar-refractivity contribution < 1.29 is 23.8 Å². The van der Waals surface area contributed by atoms with Crippen molar-refractivity contribution in [3.05, 3.63) is 51.9 Å². The Kier molecular flexibility index (Phi) is 4.16. The molecule has 0 fully saturated rings. The molecule has 2 heterocycles. The van der Waals surface area contributed by atoms with Gasteiger partial charge in [-0.05, 0) is 45.9 Å². The molecule has 0 saturated heterocycles. The van der Waals surface area contributed by atoms with Crippen LogP contribution in [0.2, 0.25) is 0 Å². The fourth-order valence-electron chi connectivity index (χ4n) is 2.98. The van der Waals surface area contributed by atoms with E-state index in [9.17, 15) is 14.7 Å². The summed E-state index contributed by atoms with van der Waals surface area (Å²) in [6.07, 6.45) is -0.802. The van der Waals surface area contributed by atoms with Crippen molar-refractivity contribution in [3.63, 3.8) is 0 Å². The van der Waals surface area contributed by atoms with E-state index in [1.54, 1.807) is 45.9 Å². The van der Waals surface area contributed by atoms with E-state index in [4.69, 9.17) is 13.9 Å². The van der Waals surface area contributed by atoms with Gasteiger partial charge in [-0.1, -0.05) is 5.57 Å². The van der Waals surface area contributed by atoms with Crippen LogP contribution in [0.4, 0.5) is 0 Å².